The van der Waals surface area contributed by atoms with Crippen LogP contribution in [0.5, 0.6) is 17.2 Å². The Bertz CT molecular complexity index is 1400. The standard InChI is InChI=1S/C30H21O3P/c1-4-16-25-22(10-1)13-7-19-28(25)31-34(32-29-20-8-14-23-11-2-5-17-26(23)29)33-30-21-9-15-24-12-3-6-18-27(24)30/h1-21H. The van der Waals surface area contributed by atoms with Gasteiger partial charge in [-0.05, 0) is 34.4 Å². The van der Waals surface area contributed by atoms with Crippen LogP contribution in [0, 0.1) is 0 Å². The Morgan fingerprint density at radius 3 is 0.971 bits per heavy atom. The quantitative estimate of drug-likeness (QED) is 0.232. The summed E-state index contributed by atoms with van der Waals surface area (Å²) in [6, 6.07) is 42.5. The maximum Gasteiger partial charge on any atom is 0.530 e. The van der Waals surface area contributed by atoms with Crippen molar-refractivity contribution in [1.29, 1.82) is 0 Å². The van der Waals surface area contributed by atoms with Crippen LogP contribution in [0.25, 0.3) is 32.3 Å². The van der Waals surface area contributed by atoms with E-state index >= 15 is 0 Å². The second kappa shape index (κ2) is 9.05. The third kappa shape index (κ3) is 4.03. The normalized spacial score (nSPS) is 11.2. The number of fused-ring (bicyclic) bond motifs is 3. The molecule has 0 spiro atoms. The molecule has 0 saturated carbocycles. The summed E-state index contributed by atoms with van der Waals surface area (Å²) in [4.78, 5) is 0. The molecule has 164 valence electrons. The molecule has 4 heteroatoms. The topological polar surface area (TPSA) is 27.7 Å². The zero-order valence-electron chi connectivity index (χ0n) is 18.3. The maximum absolute atomic E-state index is 6.45. The van der Waals surface area contributed by atoms with Gasteiger partial charge in [-0.1, -0.05) is 109 Å². The van der Waals surface area contributed by atoms with E-state index in [0.717, 1.165) is 49.6 Å². The molecule has 0 radical (unpaired) electrons. The predicted molar refractivity (Wildman–Crippen MR) is 141 cm³/mol. The fourth-order valence-electron chi connectivity index (χ4n) is 4.12. The van der Waals surface area contributed by atoms with Crippen molar-refractivity contribution < 1.29 is 13.6 Å². The summed E-state index contributed by atoms with van der Waals surface area (Å²) in [6.45, 7) is 0. The van der Waals surface area contributed by atoms with E-state index in [1.807, 2.05) is 91.0 Å². The maximum atomic E-state index is 6.45. The third-order valence-electron chi connectivity index (χ3n) is 5.77. The molecule has 6 aromatic carbocycles. The zero-order valence-corrected chi connectivity index (χ0v) is 19.2. The average Bonchev–Trinajstić information content (AvgIpc) is 2.89. The molecule has 0 heterocycles. The van der Waals surface area contributed by atoms with Gasteiger partial charge >= 0.3 is 8.60 Å². The van der Waals surface area contributed by atoms with Gasteiger partial charge in [-0.15, -0.1) is 0 Å². The number of hydrogen-bond donors (Lipinski definition) is 0. The molecule has 3 nitrogen and oxygen atoms in total. The van der Waals surface area contributed by atoms with Crippen molar-refractivity contribution in [3.05, 3.63) is 127 Å². The van der Waals surface area contributed by atoms with Crippen LogP contribution in [0.1, 0.15) is 0 Å². The summed E-state index contributed by atoms with van der Waals surface area (Å²) in [5, 5.41) is 6.35. The van der Waals surface area contributed by atoms with Crippen LogP contribution in [-0.2, 0) is 0 Å². The molecule has 0 unspecified atom stereocenters. The van der Waals surface area contributed by atoms with E-state index in [4.69, 9.17) is 13.6 Å². The van der Waals surface area contributed by atoms with Crippen LogP contribution in [0.3, 0.4) is 0 Å². The van der Waals surface area contributed by atoms with Gasteiger partial charge in [0.25, 0.3) is 0 Å². The smallest absolute Gasteiger partial charge is 0.408 e. The van der Waals surface area contributed by atoms with E-state index in [-0.39, 0.29) is 0 Å². The van der Waals surface area contributed by atoms with Crippen molar-refractivity contribution in [2.75, 3.05) is 0 Å². The minimum atomic E-state index is -1.81. The van der Waals surface area contributed by atoms with Gasteiger partial charge in [0.15, 0.2) is 0 Å². The van der Waals surface area contributed by atoms with Gasteiger partial charge in [0, 0.05) is 16.2 Å². The first-order valence-electron chi connectivity index (χ1n) is 11.1. The van der Waals surface area contributed by atoms with Crippen LogP contribution >= 0.6 is 8.60 Å². The van der Waals surface area contributed by atoms with Gasteiger partial charge in [0.05, 0.1) is 0 Å². The largest absolute Gasteiger partial charge is 0.530 e. The summed E-state index contributed by atoms with van der Waals surface area (Å²) in [5.41, 5.74) is 0. The molecule has 34 heavy (non-hydrogen) atoms. The Morgan fingerprint density at radius 2 is 0.618 bits per heavy atom. The Balaban J connectivity index is 1.42. The zero-order chi connectivity index (χ0) is 22.7. The molecular weight excluding hydrogens is 439 g/mol. The van der Waals surface area contributed by atoms with Crippen molar-refractivity contribution in [3.8, 4) is 17.2 Å². The molecule has 6 aromatic rings. The molecule has 0 bridgehead atoms. The lowest BCUT2D eigenvalue weighted by Crippen LogP contribution is -2.03. The molecule has 0 fully saturated rings. The first-order chi connectivity index (χ1) is 16.8. The molecule has 0 atom stereocenters. The molecule has 0 aliphatic rings. The highest BCUT2D eigenvalue weighted by Gasteiger charge is 2.23. The van der Waals surface area contributed by atoms with E-state index in [0.29, 0.717) is 0 Å². The third-order valence-corrected chi connectivity index (χ3v) is 6.80. The van der Waals surface area contributed by atoms with Gasteiger partial charge in [-0.2, -0.15) is 0 Å². The average molecular weight is 460 g/mol. The van der Waals surface area contributed by atoms with Gasteiger partial charge in [0.1, 0.15) is 17.2 Å². The lowest BCUT2D eigenvalue weighted by molar-refractivity contribution is 0.393. The van der Waals surface area contributed by atoms with Crippen LogP contribution in [0.2, 0.25) is 0 Å². The molecule has 0 aliphatic carbocycles. The summed E-state index contributed by atoms with van der Waals surface area (Å²) in [5.74, 6) is 2.18. The van der Waals surface area contributed by atoms with E-state index < -0.39 is 8.60 Å². The first kappa shape index (κ1) is 20.5. The lowest BCUT2D eigenvalue weighted by Gasteiger charge is -2.20. The minimum Gasteiger partial charge on any atom is -0.408 e. The summed E-state index contributed by atoms with van der Waals surface area (Å²) in [7, 11) is -1.81. The number of benzene rings is 6. The number of hydrogen-bond acceptors (Lipinski definition) is 3. The monoisotopic (exact) mass is 460 g/mol. The van der Waals surface area contributed by atoms with Crippen molar-refractivity contribution in [3.63, 3.8) is 0 Å². The highest BCUT2D eigenvalue weighted by molar-refractivity contribution is 7.43. The van der Waals surface area contributed by atoms with E-state index in [9.17, 15) is 0 Å². The van der Waals surface area contributed by atoms with E-state index in [1.165, 1.54) is 0 Å². The Morgan fingerprint density at radius 1 is 0.324 bits per heavy atom. The Kier molecular flexibility index (Phi) is 5.47. The van der Waals surface area contributed by atoms with Gasteiger partial charge in [-0.3, -0.25) is 0 Å². The lowest BCUT2D eigenvalue weighted by atomic mass is 10.1. The number of rotatable bonds is 6. The van der Waals surface area contributed by atoms with Crippen molar-refractivity contribution in [2.45, 2.75) is 0 Å². The van der Waals surface area contributed by atoms with Gasteiger partial charge < -0.3 is 13.6 Å². The van der Waals surface area contributed by atoms with Crippen molar-refractivity contribution in [1.82, 2.24) is 0 Å². The van der Waals surface area contributed by atoms with E-state index in [2.05, 4.69) is 36.4 Å². The molecule has 0 N–H and O–H groups in total. The summed E-state index contributed by atoms with van der Waals surface area (Å²) >= 11 is 0. The first-order valence-corrected chi connectivity index (χ1v) is 12.2. The highest BCUT2D eigenvalue weighted by Crippen LogP contribution is 2.46. The molecule has 0 amide bonds. The van der Waals surface area contributed by atoms with Gasteiger partial charge in [0.2, 0.25) is 0 Å². The van der Waals surface area contributed by atoms with E-state index in [1.54, 1.807) is 0 Å². The van der Waals surface area contributed by atoms with Crippen molar-refractivity contribution >= 4 is 40.9 Å². The highest BCUT2D eigenvalue weighted by atomic mass is 31.2. The summed E-state index contributed by atoms with van der Waals surface area (Å²) in [6.07, 6.45) is 0. The SMILES string of the molecule is c1ccc2c(OP(Oc3cccc4ccccc34)Oc3cccc4ccccc34)cccc2c1. The van der Waals surface area contributed by atoms with Gasteiger partial charge in [-0.25, -0.2) is 0 Å². The molecule has 6 rings (SSSR count). The fraction of sp³-hybridized carbons (Fsp3) is 0. The Hall–Kier alpha value is -4.07. The van der Waals surface area contributed by atoms with Crippen LogP contribution in [0.4, 0.5) is 0 Å². The minimum absolute atomic E-state index is 0.727. The van der Waals surface area contributed by atoms with Crippen molar-refractivity contribution in [2.24, 2.45) is 0 Å². The molecule has 0 aliphatic heterocycles. The fourth-order valence-corrected chi connectivity index (χ4v) is 5.19. The molecule has 0 aromatic heterocycles. The second-order valence-electron chi connectivity index (χ2n) is 7.93. The van der Waals surface area contributed by atoms with Crippen LogP contribution in [0.15, 0.2) is 127 Å². The van der Waals surface area contributed by atoms with Crippen LogP contribution < -0.4 is 13.6 Å². The summed E-state index contributed by atoms with van der Waals surface area (Å²) < 4.78 is 19.4. The Labute approximate surface area is 199 Å². The molecule has 0 saturated heterocycles. The predicted octanol–water partition coefficient (Wildman–Crippen LogP) is 8.91. The molecular formula is C30H21O3P. The van der Waals surface area contributed by atoms with Crippen LogP contribution in [-0.4, -0.2) is 0 Å². The second-order valence-corrected chi connectivity index (χ2v) is 8.92.